The third kappa shape index (κ3) is 1.74. The van der Waals surface area contributed by atoms with E-state index in [-0.39, 0.29) is 5.02 Å². The number of benzene rings is 1. The van der Waals surface area contributed by atoms with Crippen LogP contribution in [0.5, 0.6) is 0 Å². The maximum absolute atomic E-state index is 13.3. The van der Waals surface area contributed by atoms with Crippen LogP contribution in [-0.4, -0.2) is 15.0 Å². The quantitative estimate of drug-likeness (QED) is 0.876. The van der Waals surface area contributed by atoms with Gasteiger partial charge in [0.05, 0.1) is 16.4 Å². The van der Waals surface area contributed by atoms with Crippen molar-refractivity contribution in [3.05, 3.63) is 34.7 Å². The Kier molecular flexibility index (Phi) is 2.78. The Balaban J connectivity index is 2.54. The molecule has 0 bridgehead atoms. The minimum Gasteiger partial charge on any atom is -0.381 e. The molecule has 1 aromatic heterocycles. The highest BCUT2D eigenvalue weighted by molar-refractivity contribution is 6.30. The van der Waals surface area contributed by atoms with Crippen molar-refractivity contribution in [3.8, 4) is 5.69 Å². The highest BCUT2D eigenvalue weighted by atomic mass is 35.5. The van der Waals surface area contributed by atoms with Crippen LogP contribution in [0.2, 0.25) is 5.02 Å². The zero-order chi connectivity index (χ0) is 11.7. The second-order valence-corrected chi connectivity index (χ2v) is 3.69. The molecule has 2 rings (SSSR count). The Morgan fingerprint density at radius 3 is 2.88 bits per heavy atom. The van der Waals surface area contributed by atoms with Gasteiger partial charge in [-0.1, -0.05) is 23.7 Å². The zero-order valence-electron chi connectivity index (χ0n) is 8.61. The normalized spacial score (nSPS) is 10.7. The van der Waals surface area contributed by atoms with E-state index in [1.54, 1.807) is 6.07 Å². The first kappa shape index (κ1) is 10.9. The standard InChI is InChI=1S/C10H10ClFN4/c1-2-9-10(13)14-15-16(9)6-3-4-7(11)8(12)5-6/h3-5H,2,13H2,1H3. The van der Waals surface area contributed by atoms with Crippen molar-refractivity contribution in [2.45, 2.75) is 13.3 Å². The van der Waals surface area contributed by atoms with Crippen molar-refractivity contribution in [2.75, 3.05) is 5.73 Å². The van der Waals surface area contributed by atoms with Gasteiger partial charge in [-0.2, -0.15) is 0 Å². The summed E-state index contributed by atoms with van der Waals surface area (Å²) < 4.78 is 14.8. The molecule has 0 amide bonds. The van der Waals surface area contributed by atoms with E-state index in [1.807, 2.05) is 6.92 Å². The molecule has 2 aromatic rings. The van der Waals surface area contributed by atoms with E-state index in [2.05, 4.69) is 10.3 Å². The van der Waals surface area contributed by atoms with Gasteiger partial charge in [-0.05, 0) is 18.6 Å². The van der Waals surface area contributed by atoms with E-state index in [0.717, 1.165) is 5.69 Å². The average Bonchev–Trinajstić information content (AvgIpc) is 2.63. The molecule has 1 heterocycles. The van der Waals surface area contributed by atoms with E-state index in [9.17, 15) is 4.39 Å². The molecule has 0 saturated heterocycles. The number of nitrogen functional groups attached to an aromatic ring is 1. The van der Waals surface area contributed by atoms with Crippen molar-refractivity contribution in [3.63, 3.8) is 0 Å². The van der Waals surface area contributed by atoms with Crippen LogP contribution in [-0.2, 0) is 6.42 Å². The number of halogens is 2. The van der Waals surface area contributed by atoms with Gasteiger partial charge < -0.3 is 5.73 Å². The minimum atomic E-state index is -0.490. The lowest BCUT2D eigenvalue weighted by molar-refractivity contribution is 0.624. The predicted octanol–water partition coefficient (Wildman–Crippen LogP) is 2.20. The van der Waals surface area contributed by atoms with Crippen LogP contribution in [0.15, 0.2) is 18.2 Å². The highest BCUT2D eigenvalue weighted by Crippen LogP contribution is 2.20. The number of hydrogen-bond acceptors (Lipinski definition) is 3. The number of anilines is 1. The maximum Gasteiger partial charge on any atom is 0.169 e. The molecule has 0 aliphatic carbocycles. The fraction of sp³-hybridized carbons (Fsp3) is 0.200. The molecule has 1 aromatic carbocycles. The lowest BCUT2D eigenvalue weighted by Crippen LogP contribution is -2.03. The highest BCUT2D eigenvalue weighted by Gasteiger charge is 2.11. The van der Waals surface area contributed by atoms with Crippen molar-refractivity contribution in [1.29, 1.82) is 0 Å². The molecule has 0 atom stereocenters. The molecule has 0 aliphatic rings. The molecule has 0 saturated carbocycles. The summed E-state index contributed by atoms with van der Waals surface area (Å²) in [6.07, 6.45) is 0.670. The molecule has 0 aliphatic heterocycles. The first-order valence-corrected chi connectivity index (χ1v) is 5.16. The molecule has 2 N–H and O–H groups in total. The zero-order valence-corrected chi connectivity index (χ0v) is 9.37. The molecule has 0 radical (unpaired) electrons. The van der Waals surface area contributed by atoms with E-state index >= 15 is 0 Å². The van der Waals surface area contributed by atoms with E-state index in [1.165, 1.54) is 16.8 Å². The van der Waals surface area contributed by atoms with E-state index in [4.69, 9.17) is 17.3 Å². The molecular formula is C10H10ClFN4. The van der Waals surface area contributed by atoms with Gasteiger partial charge in [0, 0.05) is 6.07 Å². The lowest BCUT2D eigenvalue weighted by atomic mass is 10.3. The number of hydrogen-bond donors (Lipinski definition) is 1. The summed E-state index contributed by atoms with van der Waals surface area (Å²) in [5, 5.41) is 7.69. The molecule has 84 valence electrons. The molecule has 0 fully saturated rings. The van der Waals surface area contributed by atoms with Crippen molar-refractivity contribution >= 4 is 17.4 Å². The molecule has 0 unspecified atom stereocenters. The summed E-state index contributed by atoms with van der Waals surface area (Å²) in [5.41, 5.74) is 6.95. The third-order valence-electron chi connectivity index (χ3n) is 2.28. The molecule has 4 nitrogen and oxygen atoms in total. The average molecular weight is 241 g/mol. The molecule has 6 heteroatoms. The first-order chi connectivity index (χ1) is 7.63. The van der Waals surface area contributed by atoms with Gasteiger partial charge >= 0.3 is 0 Å². The molecule has 16 heavy (non-hydrogen) atoms. The summed E-state index contributed by atoms with van der Waals surface area (Å²) in [7, 11) is 0. The number of nitrogens with zero attached hydrogens (tertiary/aromatic N) is 3. The Labute approximate surface area is 96.8 Å². The summed E-state index contributed by atoms with van der Waals surface area (Å²) >= 11 is 5.60. The smallest absolute Gasteiger partial charge is 0.169 e. The SMILES string of the molecule is CCc1c(N)nnn1-c1ccc(Cl)c(F)c1. The number of aromatic nitrogens is 3. The number of nitrogens with two attached hydrogens (primary N) is 1. The Morgan fingerprint density at radius 1 is 1.50 bits per heavy atom. The van der Waals surface area contributed by atoms with Gasteiger partial charge in [0.15, 0.2) is 5.82 Å². The van der Waals surface area contributed by atoms with Crippen LogP contribution in [0.3, 0.4) is 0 Å². The monoisotopic (exact) mass is 240 g/mol. The summed E-state index contributed by atoms with van der Waals surface area (Å²) in [6.45, 7) is 1.93. The van der Waals surface area contributed by atoms with Crippen LogP contribution < -0.4 is 5.73 Å². The van der Waals surface area contributed by atoms with Crippen LogP contribution in [0.1, 0.15) is 12.6 Å². The van der Waals surface area contributed by atoms with Crippen LogP contribution in [0.4, 0.5) is 10.2 Å². The Morgan fingerprint density at radius 2 is 2.25 bits per heavy atom. The van der Waals surface area contributed by atoms with Crippen molar-refractivity contribution in [1.82, 2.24) is 15.0 Å². The van der Waals surface area contributed by atoms with E-state index < -0.39 is 5.82 Å². The van der Waals surface area contributed by atoms with Gasteiger partial charge in [-0.3, -0.25) is 0 Å². The predicted molar refractivity (Wildman–Crippen MR) is 60.1 cm³/mol. The van der Waals surface area contributed by atoms with Gasteiger partial charge in [-0.25, -0.2) is 9.07 Å². The first-order valence-electron chi connectivity index (χ1n) is 4.79. The second-order valence-electron chi connectivity index (χ2n) is 3.29. The van der Waals surface area contributed by atoms with Crippen molar-refractivity contribution in [2.24, 2.45) is 0 Å². The lowest BCUT2D eigenvalue weighted by Gasteiger charge is -2.05. The van der Waals surface area contributed by atoms with Crippen molar-refractivity contribution < 1.29 is 4.39 Å². The summed E-state index contributed by atoms with van der Waals surface area (Å²) in [6, 6.07) is 4.44. The molecular weight excluding hydrogens is 231 g/mol. The van der Waals surface area contributed by atoms with E-state index in [0.29, 0.717) is 17.9 Å². The van der Waals surface area contributed by atoms with Gasteiger partial charge in [0.1, 0.15) is 5.82 Å². The van der Waals surface area contributed by atoms with Crippen LogP contribution in [0, 0.1) is 5.82 Å². The summed E-state index contributed by atoms with van der Waals surface area (Å²) in [4.78, 5) is 0. The van der Waals surface area contributed by atoms with Gasteiger partial charge in [0.2, 0.25) is 0 Å². The summed E-state index contributed by atoms with van der Waals surface area (Å²) in [5.74, 6) is -0.131. The number of rotatable bonds is 2. The van der Waals surface area contributed by atoms with Crippen LogP contribution in [0.25, 0.3) is 5.69 Å². The third-order valence-corrected chi connectivity index (χ3v) is 2.58. The Hall–Kier alpha value is -1.62. The molecule has 0 spiro atoms. The topological polar surface area (TPSA) is 56.7 Å². The largest absolute Gasteiger partial charge is 0.381 e. The fourth-order valence-electron chi connectivity index (χ4n) is 1.47. The fourth-order valence-corrected chi connectivity index (χ4v) is 1.59. The van der Waals surface area contributed by atoms with Gasteiger partial charge in [0.25, 0.3) is 0 Å². The maximum atomic E-state index is 13.3. The minimum absolute atomic E-state index is 0.0786. The second kappa shape index (κ2) is 4.09. The van der Waals surface area contributed by atoms with Crippen LogP contribution >= 0.6 is 11.6 Å². The van der Waals surface area contributed by atoms with Gasteiger partial charge in [-0.15, -0.1) is 5.10 Å². The Bertz CT molecular complexity index is 524.